The van der Waals surface area contributed by atoms with Gasteiger partial charge in [0.15, 0.2) is 11.6 Å². The molecule has 0 bridgehead atoms. The van der Waals surface area contributed by atoms with Crippen LogP contribution < -0.4 is 21.1 Å². The van der Waals surface area contributed by atoms with Crippen molar-refractivity contribution in [2.45, 2.75) is 19.9 Å². The average Bonchev–Trinajstić information content (AvgIpc) is 2.29. The van der Waals surface area contributed by atoms with Crippen LogP contribution in [-0.4, -0.2) is 35.6 Å². The van der Waals surface area contributed by atoms with Gasteiger partial charge in [0.1, 0.15) is 12.4 Å². The van der Waals surface area contributed by atoms with Crippen LogP contribution in [0.15, 0.2) is 6.33 Å². The number of hydrogen-bond donors (Lipinski definition) is 3. The lowest BCUT2D eigenvalue weighted by atomic mass is 10.3. The molecule has 7 nitrogen and oxygen atoms in total. The summed E-state index contributed by atoms with van der Waals surface area (Å²) < 4.78 is 5.07. The van der Waals surface area contributed by atoms with Crippen molar-refractivity contribution >= 4 is 17.5 Å². The highest BCUT2D eigenvalue weighted by atomic mass is 16.5. The van der Waals surface area contributed by atoms with Crippen molar-refractivity contribution in [2.75, 3.05) is 24.7 Å². The summed E-state index contributed by atoms with van der Waals surface area (Å²) in [6.45, 7) is 4.16. The molecule has 1 heterocycles. The number of rotatable bonds is 5. The summed E-state index contributed by atoms with van der Waals surface area (Å²) in [6.07, 6.45) is 1.31. The van der Waals surface area contributed by atoms with Gasteiger partial charge < -0.3 is 21.1 Å². The minimum absolute atomic E-state index is 0.119. The van der Waals surface area contributed by atoms with Crippen LogP contribution in [0.2, 0.25) is 0 Å². The molecule has 1 aromatic rings. The van der Waals surface area contributed by atoms with Gasteiger partial charge in [0, 0.05) is 6.54 Å². The van der Waals surface area contributed by atoms with Crippen LogP contribution in [0.25, 0.3) is 0 Å². The van der Waals surface area contributed by atoms with Crippen molar-refractivity contribution in [3.05, 3.63) is 6.33 Å². The number of carbonyl (C=O) groups is 1. The summed E-state index contributed by atoms with van der Waals surface area (Å²) in [6, 6.07) is -0.432. The number of likely N-dealkylation sites (N-methyl/N-ethyl adjacent to an activating group) is 1. The van der Waals surface area contributed by atoms with Gasteiger partial charge in [-0.1, -0.05) is 0 Å². The van der Waals surface area contributed by atoms with Crippen LogP contribution >= 0.6 is 0 Å². The van der Waals surface area contributed by atoms with E-state index in [9.17, 15) is 4.79 Å². The number of hydrogen-bond acceptors (Lipinski definition) is 6. The van der Waals surface area contributed by atoms with Crippen molar-refractivity contribution in [1.29, 1.82) is 0 Å². The molecule has 7 heteroatoms. The number of anilines is 2. The fourth-order valence-electron chi connectivity index (χ4n) is 1.29. The summed E-state index contributed by atoms with van der Waals surface area (Å²) in [5, 5.41) is 5.62. The Hall–Kier alpha value is -2.05. The molecule has 0 aliphatic heterocycles. The van der Waals surface area contributed by atoms with E-state index in [0.717, 1.165) is 0 Å². The number of ether oxygens (including phenoxy) is 1. The maximum Gasteiger partial charge on any atom is 0.242 e. The van der Waals surface area contributed by atoms with E-state index in [0.29, 0.717) is 18.1 Å². The monoisotopic (exact) mass is 239 g/mol. The van der Waals surface area contributed by atoms with E-state index in [1.807, 2.05) is 6.92 Å². The van der Waals surface area contributed by atoms with Gasteiger partial charge in [0.05, 0.1) is 7.11 Å². The van der Waals surface area contributed by atoms with Crippen LogP contribution in [0.4, 0.5) is 11.6 Å². The lowest BCUT2D eigenvalue weighted by Crippen LogP contribution is -2.37. The third-order valence-electron chi connectivity index (χ3n) is 2.13. The first-order valence-corrected chi connectivity index (χ1v) is 5.28. The van der Waals surface area contributed by atoms with Crippen molar-refractivity contribution in [1.82, 2.24) is 15.3 Å². The topological polar surface area (TPSA) is 102 Å². The molecule has 0 aliphatic carbocycles. The summed E-state index contributed by atoms with van der Waals surface area (Å²) in [4.78, 5) is 19.3. The molecule has 0 spiro atoms. The fraction of sp³-hybridized carbons (Fsp3) is 0.500. The van der Waals surface area contributed by atoms with Gasteiger partial charge in [-0.05, 0) is 13.8 Å². The number of nitrogens with zero attached hydrogens (tertiary/aromatic N) is 2. The van der Waals surface area contributed by atoms with Gasteiger partial charge in [-0.2, -0.15) is 0 Å². The molecular weight excluding hydrogens is 222 g/mol. The Kier molecular flexibility index (Phi) is 4.50. The molecular formula is C10H17N5O2. The number of nitrogens with two attached hydrogens (primary N) is 1. The maximum absolute atomic E-state index is 11.5. The molecule has 0 aliphatic rings. The molecule has 0 aromatic carbocycles. The van der Waals surface area contributed by atoms with Gasteiger partial charge in [-0.3, -0.25) is 4.79 Å². The lowest BCUT2D eigenvalue weighted by molar-refractivity contribution is -0.121. The Morgan fingerprint density at radius 1 is 1.59 bits per heavy atom. The average molecular weight is 239 g/mol. The Morgan fingerprint density at radius 2 is 2.29 bits per heavy atom. The highest BCUT2D eigenvalue weighted by Crippen LogP contribution is 2.26. The number of methoxy groups -OCH3 is 1. The number of amides is 1. The Balaban J connectivity index is 2.81. The quantitative estimate of drug-likeness (QED) is 0.668. The lowest BCUT2D eigenvalue weighted by Gasteiger charge is -2.16. The molecule has 1 amide bonds. The first kappa shape index (κ1) is 13.0. The highest BCUT2D eigenvalue weighted by molar-refractivity contribution is 5.84. The molecule has 0 radical (unpaired) electrons. The third kappa shape index (κ3) is 3.20. The minimum atomic E-state index is -0.432. The molecule has 1 unspecified atom stereocenters. The van der Waals surface area contributed by atoms with E-state index in [1.54, 1.807) is 6.92 Å². The largest absolute Gasteiger partial charge is 0.490 e. The minimum Gasteiger partial charge on any atom is -0.490 e. The van der Waals surface area contributed by atoms with E-state index in [4.69, 9.17) is 10.5 Å². The van der Waals surface area contributed by atoms with Crippen molar-refractivity contribution in [3.8, 4) is 5.75 Å². The molecule has 94 valence electrons. The van der Waals surface area contributed by atoms with E-state index in [-0.39, 0.29) is 11.7 Å². The van der Waals surface area contributed by atoms with Crippen molar-refractivity contribution in [3.63, 3.8) is 0 Å². The van der Waals surface area contributed by atoms with Gasteiger partial charge in [0.2, 0.25) is 11.7 Å². The third-order valence-corrected chi connectivity index (χ3v) is 2.13. The first-order chi connectivity index (χ1) is 8.10. The summed E-state index contributed by atoms with van der Waals surface area (Å²) in [5.41, 5.74) is 5.63. The second-order valence-electron chi connectivity index (χ2n) is 3.40. The zero-order valence-corrected chi connectivity index (χ0v) is 10.2. The predicted octanol–water partition coefficient (Wildman–Crippen LogP) is 0.00390. The van der Waals surface area contributed by atoms with Crippen LogP contribution in [0.3, 0.4) is 0 Å². The van der Waals surface area contributed by atoms with E-state index in [2.05, 4.69) is 20.6 Å². The van der Waals surface area contributed by atoms with Crippen LogP contribution in [-0.2, 0) is 4.79 Å². The fourth-order valence-corrected chi connectivity index (χ4v) is 1.29. The van der Waals surface area contributed by atoms with Gasteiger partial charge >= 0.3 is 0 Å². The molecule has 0 saturated heterocycles. The molecule has 4 N–H and O–H groups in total. The van der Waals surface area contributed by atoms with Gasteiger partial charge in [-0.15, -0.1) is 0 Å². The van der Waals surface area contributed by atoms with Gasteiger partial charge in [0.25, 0.3) is 0 Å². The second kappa shape index (κ2) is 5.88. The van der Waals surface area contributed by atoms with Crippen molar-refractivity contribution in [2.24, 2.45) is 0 Å². The van der Waals surface area contributed by atoms with Crippen LogP contribution in [0.1, 0.15) is 13.8 Å². The SMILES string of the molecule is CCNC(=O)C(C)Nc1ncnc(N)c1OC. The standard InChI is InChI=1S/C10H17N5O2/c1-4-12-10(16)6(2)15-9-7(17-3)8(11)13-5-14-9/h5-6H,4H2,1-3H3,(H,12,16)(H3,11,13,14,15). The van der Waals surface area contributed by atoms with E-state index < -0.39 is 6.04 Å². The molecule has 0 fully saturated rings. The van der Waals surface area contributed by atoms with E-state index >= 15 is 0 Å². The first-order valence-electron chi connectivity index (χ1n) is 5.28. The number of nitrogen functional groups attached to an aromatic ring is 1. The van der Waals surface area contributed by atoms with Crippen molar-refractivity contribution < 1.29 is 9.53 Å². The molecule has 1 atom stereocenters. The number of carbonyl (C=O) groups excluding carboxylic acids is 1. The normalized spacial score (nSPS) is 11.7. The zero-order chi connectivity index (χ0) is 12.8. The second-order valence-corrected chi connectivity index (χ2v) is 3.40. The number of nitrogens with one attached hydrogen (secondary N) is 2. The van der Waals surface area contributed by atoms with Gasteiger partial charge in [-0.25, -0.2) is 9.97 Å². The van der Waals surface area contributed by atoms with Crippen LogP contribution in [0, 0.1) is 0 Å². The Bertz CT molecular complexity index is 396. The maximum atomic E-state index is 11.5. The molecule has 0 saturated carbocycles. The smallest absolute Gasteiger partial charge is 0.242 e. The predicted molar refractivity (Wildman–Crippen MR) is 64.8 cm³/mol. The molecule has 1 aromatic heterocycles. The molecule has 17 heavy (non-hydrogen) atoms. The number of aromatic nitrogens is 2. The Morgan fingerprint density at radius 3 is 2.88 bits per heavy atom. The zero-order valence-electron chi connectivity index (χ0n) is 10.2. The van der Waals surface area contributed by atoms with Crippen LogP contribution in [0.5, 0.6) is 5.75 Å². The van der Waals surface area contributed by atoms with E-state index in [1.165, 1.54) is 13.4 Å². The summed E-state index contributed by atoms with van der Waals surface area (Å²) in [7, 11) is 1.47. The molecule has 1 rings (SSSR count). The Labute approximate surface area is 99.8 Å². The highest BCUT2D eigenvalue weighted by Gasteiger charge is 2.16. The summed E-state index contributed by atoms with van der Waals surface area (Å²) in [5.74, 6) is 0.849. The summed E-state index contributed by atoms with van der Waals surface area (Å²) >= 11 is 0.